The summed E-state index contributed by atoms with van der Waals surface area (Å²) in [6.45, 7) is -0.774. The fourth-order valence-corrected chi connectivity index (χ4v) is 2.74. The number of carbonyl (C=O) groups is 2. The largest absolute Gasteiger partial charge is 0.452 e. The molecule has 1 aromatic heterocycles. The summed E-state index contributed by atoms with van der Waals surface area (Å²) in [4.78, 5) is 27.9. The molecule has 0 radical (unpaired) electrons. The molecule has 0 saturated heterocycles. The van der Waals surface area contributed by atoms with Crippen molar-refractivity contribution in [1.29, 1.82) is 0 Å². The zero-order chi connectivity index (χ0) is 19.3. The molecule has 0 unspecified atom stereocenters. The smallest absolute Gasteiger partial charge is 0.418 e. The molecular formula is C16H12ClF3N2O3S. The van der Waals surface area contributed by atoms with Crippen LogP contribution in [0.4, 0.5) is 18.9 Å². The second-order valence-corrected chi connectivity index (χ2v) is 6.05. The first-order chi connectivity index (χ1) is 12.2. The summed E-state index contributed by atoms with van der Waals surface area (Å²) >= 11 is 6.96. The molecular weight excluding hydrogens is 393 g/mol. The van der Waals surface area contributed by atoms with Gasteiger partial charge in [-0.1, -0.05) is 17.7 Å². The zero-order valence-corrected chi connectivity index (χ0v) is 14.8. The van der Waals surface area contributed by atoms with Crippen LogP contribution >= 0.6 is 23.4 Å². The molecule has 26 heavy (non-hydrogen) atoms. The van der Waals surface area contributed by atoms with E-state index in [9.17, 15) is 22.8 Å². The second kappa shape index (κ2) is 8.41. The van der Waals surface area contributed by atoms with Crippen LogP contribution in [0.15, 0.2) is 41.6 Å². The lowest BCUT2D eigenvalue weighted by molar-refractivity contribution is -0.137. The van der Waals surface area contributed by atoms with Gasteiger partial charge in [0.15, 0.2) is 6.61 Å². The average Bonchev–Trinajstić information content (AvgIpc) is 2.60. The van der Waals surface area contributed by atoms with E-state index in [1.54, 1.807) is 6.26 Å². The first-order valence-electron chi connectivity index (χ1n) is 7.05. The Kier molecular flexibility index (Phi) is 6.49. The number of hydrogen-bond acceptors (Lipinski definition) is 5. The van der Waals surface area contributed by atoms with Gasteiger partial charge in [-0.3, -0.25) is 4.79 Å². The number of alkyl halides is 3. The van der Waals surface area contributed by atoms with Crippen molar-refractivity contribution >= 4 is 40.9 Å². The predicted octanol–water partition coefficient (Wildman–Crippen LogP) is 4.27. The third-order valence-corrected chi connectivity index (χ3v) is 4.13. The number of thioether (sulfide) groups is 1. The Bertz CT molecular complexity index is 831. The molecule has 1 N–H and O–H groups in total. The molecule has 2 rings (SSSR count). The van der Waals surface area contributed by atoms with Gasteiger partial charge in [0.05, 0.1) is 21.8 Å². The van der Waals surface area contributed by atoms with Gasteiger partial charge in [-0.15, -0.1) is 11.8 Å². The monoisotopic (exact) mass is 404 g/mol. The van der Waals surface area contributed by atoms with Gasteiger partial charge in [0.25, 0.3) is 5.91 Å². The topological polar surface area (TPSA) is 68.3 Å². The summed E-state index contributed by atoms with van der Waals surface area (Å²) in [6, 6.07) is 6.10. The quantitative estimate of drug-likeness (QED) is 0.595. The highest BCUT2D eigenvalue weighted by Gasteiger charge is 2.34. The summed E-state index contributed by atoms with van der Waals surface area (Å²) in [5, 5.41) is 2.16. The van der Waals surface area contributed by atoms with Crippen LogP contribution in [0.2, 0.25) is 5.02 Å². The van der Waals surface area contributed by atoms with Crippen LogP contribution in [-0.2, 0) is 15.7 Å². The minimum absolute atomic E-state index is 0.154. The molecule has 0 aliphatic carbocycles. The van der Waals surface area contributed by atoms with Crippen molar-refractivity contribution in [2.24, 2.45) is 0 Å². The van der Waals surface area contributed by atoms with Gasteiger partial charge in [-0.05, 0) is 30.5 Å². The van der Waals surface area contributed by atoms with E-state index in [4.69, 9.17) is 16.3 Å². The van der Waals surface area contributed by atoms with Gasteiger partial charge in [-0.2, -0.15) is 13.2 Å². The fourth-order valence-electron chi connectivity index (χ4n) is 1.98. The first-order valence-corrected chi connectivity index (χ1v) is 8.66. The molecule has 0 atom stereocenters. The summed E-state index contributed by atoms with van der Waals surface area (Å²) < 4.78 is 43.8. The minimum Gasteiger partial charge on any atom is -0.452 e. The van der Waals surface area contributed by atoms with E-state index in [-0.39, 0.29) is 10.6 Å². The molecule has 10 heteroatoms. The number of anilines is 1. The second-order valence-electron chi connectivity index (χ2n) is 4.84. The maximum absolute atomic E-state index is 13.0. The van der Waals surface area contributed by atoms with Crippen molar-refractivity contribution in [3.8, 4) is 0 Å². The van der Waals surface area contributed by atoms with E-state index < -0.39 is 35.9 Å². The number of amides is 1. The lowest BCUT2D eigenvalue weighted by Gasteiger charge is -2.15. The highest BCUT2D eigenvalue weighted by molar-refractivity contribution is 7.98. The van der Waals surface area contributed by atoms with Crippen LogP contribution in [0, 0.1) is 0 Å². The number of pyridine rings is 1. The number of nitrogens with one attached hydrogen (secondary N) is 1. The maximum atomic E-state index is 13.0. The fraction of sp³-hybridized carbons (Fsp3) is 0.188. The predicted molar refractivity (Wildman–Crippen MR) is 91.4 cm³/mol. The molecule has 2 aromatic rings. The molecule has 0 saturated carbocycles. The Morgan fingerprint density at radius 2 is 2.00 bits per heavy atom. The maximum Gasteiger partial charge on any atom is 0.418 e. The number of esters is 1. The molecule has 0 spiro atoms. The van der Waals surface area contributed by atoms with E-state index in [0.717, 1.165) is 12.1 Å². The molecule has 0 aliphatic heterocycles. The highest BCUT2D eigenvalue weighted by Crippen LogP contribution is 2.38. The van der Waals surface area contributed by atoms with E-state index >= 15 is 0 Å². The third kappa shape index (κ3) is 4.89. The molecule has 138 valence electrons. The number of aromatic nitrogens is 1. The summed E-state index contributed by atoms with van der Waals surface area (Å²) in [5.74, 6) is -1.76. The molecule has 1 heterocycles. The zero-order valence-electron chi connectivity index (χ0n) is 13.3. The van der Waals surface area contributed by atoms with Gasteiger partial charge in [0, 0.05) is 6.20 Å². The molecule has 1 amide bonds. The van der Waals surface area contributed by atoms with E-state index in [2.05, 4.69) is 4.98 Å². The Balaban J connectivity index is 2.07. The molecule has 0 aliphatic rings. The van der Waals surface area contributed by atoms with Crippen molar-refractivity contribution in [2.45, 2.75) is 11.2 Å². The normalized spacial score (nSPS) is 11.1. The van der Waals surface area contributed by atoms with Crippen LogP contribution < -0.4 is 5.32 Å². The molecule has 1 aromatic carbocycles. The molecule has 0 bridgehead atoms. The number of rotatable bonds is 5. The minimum atomic E-state index is -4.70. The van der Waals surface area contributed by atoms with Gasteiger partial charge in [-0.25, -0.2) is 9.78 Å². The Morgan fingerprint density at radius 1 is 1.27 bits per heavy atom. The molecule has 0 fully saturated rings. The van der Waals surface area contributed by atoms with E-state index in [0.29, 0.717) is 5.03 Å². The number of benzene rings is 1. The van der Waals surface area contributed by atoms with Gasteiger partial charge < -0.3 is 10.1 Å². The highest BCUT2D eigenvalue weighted by atomic mass is 35.5. The standard InChI is InChI=1S/C16H12ClF3N2O3S/c1-26-14-9(4-3-7-21-14)15(24)25-8-12(23)22-13-10(16(18,19)20)5-2-6-11(13)17/h2-7H,8H2,1H3,(H,22,23). The van der Waals surface area contributed by atoms with Crippen LogP contribution in [0.1, 0.15) is 15.9 Å². The summed E-state index contributed by atoms with van der Waals surface area (Å²) in [6.07, 6.45) is -1.50. The van der Waals surface area contributed by atoms with Crippen molar-refractivity contribution in [3.63, 3.8) is 0 Å². The van der Waals surface area contributed by atoms with Gasteiger partial charge >= 0.3 is 12.1 Å². The Hall–Kier alpha value is -2.26. The molecule has 5 nitrogen and oxygen atoms in total. The Morgan fingerprint density at radius 3 is 2.65 bits per heavy atom. The summed E-state index contributed by atoms with van der Waals surface area (Å²) in [5.41, 5.74) is -1.53. The first kappa shape index (κ1) is 20.1. The van der Waals surface area contributed by atoms with E-state index in [1.807, 2.05) is 5.32 Å². The number of halogens is 4. The van der Waals surface area contributed by atoms with Crippen LogP contribution in [0.3, 0.4) is 0 Å². The van der Waals surface area contributed by atoms with Crippen LogP contribution in [-0.4, -0.2) is 29.7 Å². The van der Waals surface area contributed by atoms with Crippen molar-refractivity contribution in [2.75, 3.05) is 18.2 Å². The van der Waals surface area contributed by atoms with Crippen LogP contribution in [0.5, 0.6) is 0 Å². The SMILES string of the molecule is CSc1ncccc1C(=O)OCC(=O)Nc1c(Cl)cccc1C(F)(F)F. The number of carbonyl (C=O) groups excluding carboxylic acids is 2. The lowest BCUT2D eigenvalue weighted by Crippen LogP contribution is -2.23. The van der Waals surface area contributed by atoms with E-state index in [1.165, 1.54) is 36.2 Å². The lowest BCUT2D eigenvalue weighted by atomic mass is 10.1. The number of hydrogen-bond donors (Lipinski definition) is 1. The average molecular weight is 405 g/mol. The van der Waals surface area contributed by atoms with Crippen molar-refractivity contribution in [1.82, 2.24) is 4.98 Å². The van der Waals surface area contributed by atoms with Crippen molar-refractivity contribution < 1.29 is 27.5 Å². The van der Waals surface area contributed by atoms with Crippen LogP contribution in [0.25, 0.3) is 0 Å². The number of nitrogens with zero attached hydrogens (tertiary/aromatic N) is 1. The summed E-state index contributed by atoms with van der Waals surface area (Å²) in [7, 11) is 0. The number of ether oxygens (including phenoxy) is 1. The van der Waals surface area contributed by atoms with Gasteiger partial charge in [0.1, 0.15) is 5.03 Å². The van der Waals surface area contributed by atoms with Gasteiger partial charge in [0.2, 0.25) is 0 Å². The Labute approximate surface area is 155 Å². The third-order valence-electron chi connectivity index (χ3n) is 3.10. The van der Waals surface area contributed by atoms with Crippen molar-refractivity contribution in [3.05, 3.63) is 52.7 Å². The number of para-hydroxylation sites is 1.